The molecule has 0 spiro atoms. The zero-order chi connectivity index (χ0) is 16.8. The summed E-state index contributed by atoms with van der Waals surface area (Å²) < 4.78 is 5.08. The Bertz CT molecular complexity index is 714. The number of rotatable bonds is 4. The number of ether oxygens (including phenoxy) is 1. The van der Waals surface area contributed by atoms with Crippen molar-refractivity contribution in [1.29, 1.82) is 0 Å². The van der Waals surface area contributed by atoms with E-state index < -0.39 is 0 Å². The Kier molecular flexibility index (Phi) is 5.54. The van der Waals surface area contributed by atoms with Gasteiger partial charge in [0.25, 0.3) is 5.91 Å². The summed E-state index contributed by atoms with van der Waals surface area (Å²) in [5.41, 5.74) is 2.03. The van der Waals surface area contributed by atoms with Crippen molar-refractivity contribution in [2.75, 3.05) is 12.4 Å². The molecule has 1 amide bonds. The predicted molar refractivity (Wildman–Crippen MR) is 94.2 cm³/mol. The van der Waals surface area contributed by atoms with E-state index in [4.69, 9.17) is 17.0 Å². The van der Waals surface area contributed by atoms with Gasteiger partial charge in [-0.15, -0.1) is 0 Å². The molecule has 0 radical (unpaired) electrons. The molecule has 0 fully saturated rings. The first-order valence-electron chi connectivity index (χ1n) is 7.11. The molecule has 3 N–H and O–H groups in total. The second kappa shape index (κ2) is 7.60. The number of aryl methyl sites for hydroxylation is 1. The van der Waals surface area contributed by atoms with Crippen molar-refractivity contribution in [3.63, 3.8) is 0 Å². The Morgan fingerprint density at radius 2 is 1.91 bits per heavy atom. The summed E-state index contributed by atoms with van der Waals surface area (Å²) in [5.74, 6) is 0.261. The van der Waals surface area contributed by atoms with Gasteiger partial charge < -0.3 is 15.2 Å². The number of thiocarbonyl (C=S) groups is 1. The second-order valence-corrected chi connectivity index (χ2v) is 5.25. The molecule has 120 valence electrons. The summed E-state index contributed by atoms with van der Waals surface area (Å²) in [5, 5.41) is 15.2. The number of aromatic hydroxyl groups is 1. The zero-order valence-corrected chi connectivity index (χ0v) is 13.7. The second-order valence-electron chi connectivity index (χ2n) is 4.84. The first-order chi connectivity index (χ1) is 11.0. The highest BCUT2D eigenvalue weighted by atomic mass is 32.1. The van der Waals surface area contributed by atoms with Gasteiger partial charge in [-0.2, -0.15) is 0 Å². The van der Waals surface area contributed by atoms with Crippen LogP contribution in [0, 0.1) is 0 Å². The van der Waals surface area contributed by atoms with Crippen molar-refractivity contribution in [3.05, 3.63) is 53.6 Å². The van der Waals surface area contributed by atoms with Crippen LogP contribution >= 0.6 is 12.2 Å². The number of amides is 1. The molecule has 0 aliphatic rings. The number of benzene rings is 2. The van der Waals surface area contributed by atoms with E-state index in [1.807, 2.05) is 12.1 Å². The molecular weight excluding hydrogens is 312 g/mol. The van der Waals surface area contributed by atoms with E-state index in [1.54, 1.807) is 24.3 Å². The van der Waals surface area contributed by atoms with Crippen LogP contribution in [0.5, 0.6) is 11.5 Å². The summed E-state index contributed by atoms with van der Waals surface area (Å²) in [4.78, 5) is 12.1. The highest BCUT2D eigenvalue weighted by Crippen LogP contribution is 2.27. The quantitative estimate of drug-likeness (QED) is 0.594. The van der Waals surface area contributed by atoms with Crippen molar-refractivity contribution in [2.45, 2.75) is 13.3 Å². The van der Waals surface area contributed by atoms with Gasteiger partial charge >= 0.3 is 0 Å². The molecule has 2 rings (SSSR count). The minimum atomic E-state index is -0.312. The Hall–Kier alpha value is -2.60. The van der Waals surface area contributed by atoms with Gasteiger partial charge in [0.1, 0.15) is 11.5 Å². The van der Waals surface area contributed by atoms with E-state index in [0.29, 0.717) is 17.0 Å². The molecule has 0 heterocycles. The average molecular weight is 330 g/mol. The molecule has 0 unspecified atom stereocenters. The third-order valence-electron chi connectivity index (χ3n) is 3.30. The molecule has 5 nitrogen and oxygen atoms in total. The molecule has 0 aromatic heterocycles. The van der Waals surface area contributed by atoms with Crippen LogP contribution in [0.15, 0.2) is 42.5 Å². The molecule has 2 aromatic rings. The molecule has 0 bridgehead atoms. The number of hydrogen-bond donors (Lipinski definition) is 3. The van der Waals surface area contributed by atoms with Crippen LogP contribution in [-0.2, 0) is 6.42 Å². The van der Waals surface area contributed by atoms with Crippen LogP contribution in [0.2, 0.25) is 0 Å². The van der Waals surface area contributed by atoms with Gasteiger partial charge in [0.05, 0.1) is 12.8 Å². The number of methoxy groups -OCH3 is 1. The average Bonchev–Trinajstić information content (AvgIpc) is 2.56. The van der Waals surface area contributed by atoms with E-state index in [0.717, 1.165) is 12.0 Å². The fourth-order valence-electron chi connectivity index (χ4n) is 1.96. The predicted octanol–water partition coefficient (Wildman–Crippen LogP) is 3.09. The first kappa shape index (κ1) is 16.8. The van der Waals surface area contributed by atoms with Gasteiger partial charge in [-0.05, 0) is 48.5 Å². The van der Waals surface area contributed by atoms with Gasteiger partial charge in [-0.25, -0.2) is 0 Å². The Morgan fingerprint density at radius 1 is 1.22 bits per heavy atom. The first-order valence-corrected chi connectivity index (χ1v) is 7.52. The van der Waals surface area contributed by atoms with Gasteiger partial charge in [0.15, 0.2) is 5.11 Å². The van der Waals surface area contributed by atoms with Gasteiger partial charge in [-0.1, -0.05) is 19.1 Å². The van der Waals surface area contributed by atoms with Crippen molar-refractivity contribution in [2.24, 2.45) is 0 Å². The number of nitrogens with one attached hydrogen (secondary N) is 2. The van der Waals surface area contributed by atoms with Gasteiger partial charge in [0.2, 0.25) is 0 Å². The molecular formula is C17H18N2O3S. The van der Waals surface area contributed by atoms with Gasteiger partial charge in [-0.3, -0.25) is 10.1 Å². The minimum Gasteiger partial charge on any atom is -0.506 e. The van der Waals surface area contributed by atoms with E-state index in [9.17, 15) is 9.90 Å². The Balaban J connectivity index is 2.02. The van der Waals surface area contributed by atoms with E-state index in [1.165, 1.54) is 13.2 Å². The van der Waals surface area contributed by atoms with E-state index in [2.05, 4.69) is 17.6 Å². The summed E-state index contributed by atoms with van der Waals surface area (Å²) in [7, 11) is 1.52. The van der Waals surface area contributed by atoms with Crippen LogP contribution in [0.25, 0.3) is 0 Å². The zero-order valence-electron chi connectivity index (χ0n) is 12.9. The van der Waals surface area contributed by atoms with Crippen LogP contribution in [0.1, 0.15) is 22.8 Å². The maximum absolute atomic E-state index is 12.1. The molecule has 0 saturated heterocycles. The number of phenols is 1. The van der Waals surface area contributed by atoms with Crippen LogP contribution in [0.3, 0.4) is 0 Å². The lowest BCUT2D eigenvalue weighted by atomic mass is 10.1. The largest absolute Gasteiger partial charge is 0.506 e. The summed E-state index contributed by atoms with van der Waals surface area (Å²) in [6, 6.07) is 12.0. The molecule has 6 heteroatoms. The molecule has 0 atom stereocenters. The normalized spacial score (nSPS) is 10.0. The number of anilines is 1. The lowest BCUT2D eigenvalue weighted by Crippen LogP contribution is -2.34. The maximum atomic E-state index is 12.1. The van der Waals surface area contributed by atoms with Crippen LogP contribution in [-0.4, -0.2) is 23.2 Å². The topological polar surface area (TPSA) is 70.6 Å². The summed E-state index contributed by atoms with van der Waals surface area (Å²) in [6.45, 7) is 2.05. The number of hydrogen-bond acceptors (Lipinski definition) is 4. The fraction of sp³-hybridized carbons (Fsp3) is 0.176. The van der Waals surface area contributed by atoms with Crippen LogP contribution in [0.4, 0.5) is 5.69 Å². The lowest BCUT2D eigenvalue weighted by Gasteiger charge is -2.12. The van der Waals surface area contributed by atoms with E-state index >= 15 is 0 Å². The smallest absolute Gasteiger partial charge is 0.257 e. The van der Waals surface area contributed by atoms with Crippen LogP contribution < -0.4 is 15.4 Å². The molecule has 0 saturated carbocycles. The summed E-state index contributed by atoms with van der Waals surface area (Å²) in [6.07, 6.45) is 0.914. The highest BCUT2D eigenvalue weighted by Gasteiger charge is 2.10. The molecule has 0 aliphatic heterocycles. The van der Waals surface area contributed by atoms with Crippen molar-refractivity contribution >= 4 is 28.9 Å². The molecule has 0 aliphatic carbocycles. The Morgan fingerprint density at radius 3 is 2.52 bits per heavy atom. The monoisotopic (exact) mass is 330 g/mol. The van der Waals surface area contributed by atoms with Crippen molar-refractivity contribution < 1.29 is 14.6 Å². The number of carbonyl (C=O) groups excluding carboxylic acids is 1. The standard InChI is InChI=1S/C17H18N2O3S/c1-3-11-4-6-12(7-5-11)16(21)19-17(23)18-14-10-13(22-2)8-9-15(14)20/h4-10,20H,3H2,1-2H3,(H2,18,19,21,23). The Labute approximate surface area is 140 Å². The minimum absolute atomic E-state index is 0.00898. The third-order valence-corrected chi connectivity index (χ3v) is 3.51. The number of phenolic OH excluding ortho intramolecular Hbond substituents is 1. The van der Waals surface area contributed by atoms with E-state index in [-0.39, 0.29) is 16.8 Å². The summed E-state index contributed by atoms with van der Waals surface area (Å²) >= 11 is 5.11. The lowest BCUT2D eigenvalue weighted by molar-refractivity contribution is 0.0977. The van der Waals surface area contributed by atoms with Gasteiger partial charge in [0, 0.05) is 11.6 Å². The molecule has 23 heavy (non-hydrogen) atoms. The highest BCUT2D eigenvalue weighted by molar-refractivity contribution is 7.80. The third kappa shape index (κ3) is 4.43. The molecule has 2 aromatic carbocycles. The SMILES string of the molecule is CCc1ccc(C(=O)NC(=S)Nc2cc(OC)ccc2O)cc1. The maximum Gasteiger partial charge on any atom is 0.257 e. The fourth-order valence-corrected chi connectivity index (χ4v) is 2.17. The van der Waals surface area contributed by atoms with Crippen molar-refractivity contribution in [3.8, 4) is 11.5 Å². The number of carbonyl (C=O) groups is 1. The van der Waals surface area contributed by atoms with Crippen molar-refractivity contribution in [1.82, 2.24) is 5.32 Å².